The smallest absolute Gasteiger partial charge is 0.217 e. The van der Waals surface area contributed by atoms with Crippen molar-refractivity contribution in [2.45, 2.75) is 32.2 Å². The molecule has 3 rings (SSSR count). The van der Waals surface area contributed by atoms with Gasteiger partial charge in [-0.25, -0.2) is 4.98 Å². The fourth-order valence-electron chi connectivity index (χ4n) is 3.30. The van der Waals surface area contributed by atoms with Gasteiger partial charge in [0.05, 0.1) is 5.56 Å². The van der Waals surface area contributed by atoms with Gasteiger partial charge in [-0.3, -0.25) is 4.79 Å². The molecule has 5 nitrogen and oxygen atoms in total. The number of hydrogen-bond donors (Lipinski definition) is 1. The molecule has 25 heavy (non-hydrogen) atoms. The molecule has 0 aliphatic carbocycles. The van der Waals surface area contributed by atoms with Crippen molar-refractivity contribution in [2.24, 2.45) is 0 Å². The standard InChI is InChI=1S/C20H22N4O/c1-15(25)23-14-16-4-6-17(7-5-16)18-8-11-24(12-9-18)20-19(13-21)3-2-10-22-20/h2-7,10,18H,8-9,11-12,14H2,1H3,(H,23,25). The lowest BCUT2D eigenvalue weighted by atomic mass is 9.89. The number of carbonyl (C=O) groups excluding carboxylic acids is 1. The van der Waals surface area contributed by atoms with Gasteiger partial charge in [-0.1, -0.05) is 24.3 Å². The molecule has 2 heterocycles. The molecular weight excluding hydrogens is 312 g/mol. The normalized spacial score (nSPS) is 14.8. The Hall–Kier alpha value is -2.87. The molecule has 1 aliphatic heterocycles. The van der Waals surface area contributed by atoms with Gasteiger partial charge in [-0.15, -0.1) is 0 Å². The molecule has 5 heteroatoms. The highest BCUT2D eigenvalue weighted by molar-refractivity contribution is 5.72. The van der Waals surface area contributed by atoms with Crippen LogP contribution in [0, 0.1) is 11.3 Å². The minimum atomic E-state index is -0.0114. The number of piperidine rings is 1. The summed E-state index contributed by atoms with van der Waals surface area (Å²) in [5.41, 5.74) is 3.10. The fourth-order valence-corrected chi connectivity index (χ4v) is 3.30. The Balaban J connectivity index is 1.60. The summed E-state index contributed by atoms with van der Waals surface area (Å²) in [4.78, 5) is 17.6. The molecule has 0 radical (unpaired) electrons. The SMILES string of the molecule is CC(=O)NCc1ccc(C2CCN(c3ncccc3C#N)CC2)cc1. The number of nitriles is 1. The van der Waals surface area contributed by atoms with Crippen molar-refractivity contribution in [3.8, 4) is 6.07 Å². The highest BCUT2D eigenvalue weighted by Crippen LogP contribution is 2.30. The van der Waals surface area contributed by atoms with Crippen LogP contribution >= 0.6 is 0 Å². The van der Waals surface area contributed by atoms with Gasteiger partial charge in [0.1, 0.15) is 11.9 Å². The second-order valence-electron chi connectivity index (χ2n) is 6.40. The topological polar surface area (TPSA) is 69.0 Å². The second kappa shape index (κ2) is 7.80. The van der Waals surface area contributed by atoms with Gasteiger partial charge in [0.2, 0.25) is 5.91 Å². The number of aromatic nitrogens is 1. The lowest BCUT2D eigenvalue weighted by Gasteiger charge is -2.33. The molecule has 0 atom stereocenters. The molecule has 1 aromatic carbocycles. The van der Waals surface area contributed by atoms with E-state index in [1.807, 2.05) is 6.07 Å². The van der Waals surface area contributed by atoms with Gasteiger partial charge in [0, 0.05) is 32.8 Å². The monoisotopic (exact) mass is 334 g/mol. The van der Waals surface area contributed by atoms with Crippen LogP contribution in [0.3, 0.4) is 0 Å². The molecule has 0 spiro atoms. The van der Waals surface area contributed by atoms with Gasteiger partial charge in [0.25, 0.3) is 0 Å². The predicted octanol–water partition coefficient (Wildman–Crippen LogP) is 2.97. The summed E-state index contributed by atoms with van der Waals surface area (Å²) in [5.74, 6) is 1.32. The molecule has 1 fully saturated rings. The van der Waals surface area contributed by atoms with E-state index in [1.165, 1.54) is 12.5 Å². The summed E-state index contributed by atoms with van der Waals surface area (Å²) in [7, 11) is 0. The van der Waals surface area contributed by atoms with Crippen LogP contribution in [0.2, 0.25) is 0 Å². The van der Waals surface area contributed by atoms with E-state index in [-0.39, 0.29) is 5.91 Å². The fraction of sp³-hybridized carbons (Fsp3) is 0.350. The quantitative estimate of drug-likeness (QED) is 0.933. The van der Waals surface area contributed by atoms with Crippen LogP contribution in [-0.2, 0) is 11.3 Å². The number of hydrogen-bond acceptors (Lipinski definition) is 4. The molecule has 1 aromatic heterocycles. The predicted molar refractivity (Wildman–Crippen MR) is 97.1 cm³/mol. The summed E-state index contributed by atoms with van der Waals surface area (Å²) in [5, 5.41) is 12.1. The van der Waals surface area contributed by atoms with Crippen molar-refractivity contribution in [1.82, 2.24) is 10.3 Å². The minimum absolute atomic E-state index is 0.0114. The molecule has 1 saturated heterocycles. The maximum Gasteiger partial charge on any atom is 0.217 e. The van der Waals surface area contributed by atoms with Crippen molar-refractivity contribution in [1.29, 1.82) is 5.26 Å². The highest BCUT2D eigenvalue weighted by Gasteiger charge is 2.22. The van der Waals surface area contributed by atoms with E-state index in [9.17, 15) is 10.1 Å². The van der Waals surface area contributed by atoms with Crippen molar-refractivity contribution >= 4 is 11.7 Å². The Morgan fingerprint density at radius 1 is 1.28 bits per heavy atom. The number of carbonyl (C=O) groups is 1. The Kier molecular flexibility index (Phi) is 5.30. The van der Waals surface area contributed by atoms with E-state index >= 15 is 0 Å². The largest absolute Gasteiger partial charge is 0.355 e. The van der Waals surface area contributed by atoms with E-state index in [2.05, 4.69) is 45.5 Å². The third-order valence-corrected chi connectivity index (χ3v) is 4.69. The first-order chi connectivity index (χ1) is 12.2. The van der Waals surface area contributed by atoms with Crippen molar-refractivity contribution in [2.75, 3.05) is 18.0 Å². The summed E-state index contributed by atoms with van der Waals surface area (Å²) in [6.45, 7) is 3.92. The maximum absolute atomic E-state index is 11.0. The second-order valence-corrected chi connectivity index (χ2v) is 6.40. The van der Waals surface area contributed by atoms with Crippen LogP contribution in [0.5, 0.6) is 0 Å². The van der Waals surface area contributed by atoms with Crippen LogP contribution < -0.4 is 10.2 Å². The molecular formula is C20H22N4O. The Bertz CT molecular complexity index is 771. The van der Waals surface area contributed by atoms with Crippen molar-refractivity contribution < 1.29 is 4.79 Å². The third-order valence-electron chi connectivity index (χ3n) is 4.69. The number of anilines is 1. The van der Waals surface area contributed by atoms with Gasteiger partial charge < -0.3 is 10.2 Å². The Labute approximate surface area is 148 Å². The van der Waals surface area contributed by atoms with Crippen LogP contribution in [0.1, 0.15) is 42.4 Å². The average molecular weight is 334 g/mol. The highest BCUT2D eigenvalue weighted by atomic mass is 16.1. The van der Waals surface area contributed by atoms with E-state index in [0.29, 0.717) is 18.0 Å². The van der Waals surface area contributed by atoms with Gasteiger partial charge in [-0.2, -0.15) is 5.26 Å². The van der Waals surface area contributed by atoms with Gasteiger partial charge in [0.15, 0.2) is 0 Å². The number of benzene rings is 1. The Morgan fingerprint density at radius 3 is 2.64 bits per heavy atom. The number of pyridine rings is 1. The lowest BCUT2D eigenvalue weighted by molar-refractivity contribution is -0.119. The summed E-state index contributed by atoms with van der Waals surface area (Å²) in [6.07, 6.45) is 3.84. The molecule has 0 unspecified atom stereocenters. The van der Waals surface area contributed by atoms with Crippen molar-refractivity contribution in [3.63, 3.8) is 0 Å². The first-order valence-electron chi connectivity index (χ1n) is 8.60. The zero-order valence-electron chi connectivity index (χ0n) is 14.4. The van der Waals surface area contributed by atoms with Gasteiger partial charge in [-0.05, 0) is 42.0 Å². The van der Waals surface area contributed by atoms with Crippen LogP contribution in [0.25, 0.3) is 0 Å². The van der Waals surface area contributed by atoms with E-state index in [0.717, 1.165) is 37.3 Å². The van der Waals surface area contributed by atoms with E-state index in [4.69, 9.17) is 0 Å². The number of nitrogens with one attached hydrogen (secondary N) is 1. The first kappa shape index (κ1) is 17.0. The van der Waals surface area contributed by atoms with E-state index in [1.54, 1.807) is 12.3 Å². The number of nitrogens with zero attached hydrogens (tertiary/aromatic N) is 3. The molecule has 2 aromatic rings. The third kappa shape index (κ3) is 4.16. The number of rotatable bonds is 4. The zero-order valence-corrected chi connectivity index (χ0v) is 14.4. The van der Waals surface area contributed by atoms with Crippen LogP contribution in [0.15, 0.2) is 42.6 Å². The average Bonchev–Trinajstić information content (AvgIpc) is 2.67. The maximum atomic E-state index is 11.0. The van der Waals surface area contributed by atoms with Crippen LogP contribution in [0.4, 0.5) is 5.82 Å². The first-order valence-corrected chi connectivity index (χ1v) is 8.60. The summed E-state index contributed by atoms with van der Waals surface area (Å²) in [6, 6.07) is 14.4. The van der Waals surface area contributed by atoms with Crippen LogP contribution in [-0.4, -0.2) is 24.0 Å². The zero-order chi connectivity index (χ0) is 17.6. The molecule has 0 saturated carbocycles. The molecule has 128 valence electrons. The molecule has 0 bridgehead atoms. The van der Waals surface area contributed by atoms with Gasteiger partial charge >= 0.3 is 0 Å². The van der Waals surface area contributed by atoms with Crippen molar-refractivity contribution in [3.05, 3.63) is 59.3 Å². The summed E-state index contributed by atoms with van der Waals surface area (Å²) < 4.78 is 0. The number of amides is 1. The molecule has 1 aliphatic rings. The molecule has 1 N–H and O–H groups in total. The molecule has 1 amide bonds. The lowest BCUT2D eigenvalue weighted by Crippen LogP contribution is -2.34. The van der Waals surface area contributed by atoms with E-state index < -0.39 is 0 Å². The Morgan fingerprint density at radius 2 is 2.00 bits per heavy atom. The minimum Gasteiger partial charge on any atom is -0.355 e. The summed E-state index contributed by atoms with van der Waals surface area (Å²) >= 11 is 0.